The van der Waals surface area contributed by atoms with Crippen molar-refractivity contribution in [1.82, 2.24) is 15.2 Å². The lowest BCUT2D eigenvalue weighted by Crippen LogP contribution is -2.38. The maximum absolute atomic E-state index is 12.6. The second-order valence-electron chi connectivity index (χ2n) is 7.21. The number of amides is 1. The first-order chi connectivity index (χ1) is 13.9. The molecule has 0 aliphatic carbocycles. The van der Waals surface area contributed by atoms with E-state index in [0.29, 0.717) is 28.3 Å². The summed E-state index contributed by atoms with van der Waals surface area (Å²) in [6.07, 6.45) is 2.32. The van der Waals surface area contributed by atoms with Crippen LogP contribution in [0.25, 0.3) is 10.9 Å². The molecular weight excluding hydrogens is 493 g/mol. The number of aromatic amines is 1. The van der Waals surface area contributed by atoms with Crippen LogP contribution in [0.2, 0.25) is 10.0 Å². The average Bonchev–Trinajstić information content (AvgIpc) is 3.29. The quantitative estimate of drug-likeness (QED) is 0.427. The zero-order valence-corrected chi connectivity index (χ0v) is 19.7. The standard InChI is InChI=1S/C21H20BrCl2N3OS/c1-27-6-2-3-12(27)11-25-21(28)20-10-15-16(22)7-14(9-19(15)26-20)29-13-4-5-17(23)18(24)8-13/h4-5,7-10,12,26H,2-3,6,11H2,1H3,(H,25,28)/t12-/m0/s1. The van der Waals surface area contributed by atoms with E-state index in [0.717, 1.165) is 38.1 Å². The second-order valence-corrected chi connectivity index (χ2v) is 10.0. The molecule has 1 saturated heterocycles. The Morgan fingerprint density at radius 1 is 1.24 bits per heavy atom. The van der Waals surface area contributed by atoms with Crippen LogP contribution in [-0.4, -0.2) is 42.0 Å². The summed E-state index contributed by atoms with van der Waals surface area (Å²) in [6.45, 7) is 1.77. The van der Waals surface area contributed by atoms with E-state index < -0.39 is 0 Å². The molecule has 2 N–H and O–H groups in total. The molecule has 1 amide bonds. The van der Waals surface area contributed by atoms with Gasteiger partial charge in [-0.05, 0) is 62.8 Å². The first kappa shape index (κ1) is 21.1. The van der Waals surface area contributed by atoms with Gasteiger partial charge in [-0.15, -0.1) is 0 Å². The molecule has 0 unspecified atom stereocenters. The molecule has 8 heteroatoms. The predicted molar refractivity (Wildman–Crippen MR) is 125 cm³/mol. The van der Waals surface area contributed by atoms with Gasteiger partial charge in [0.2, 0.25) is 0 Å². The molecule has 4 nitrogen and oxygen atoms in total. The summed E-state index contributed by atoms with van der Waals surface area (Å²) in [6, 6.07) is 12.0. The average molecular weight is 513 g/mol. The van der Waals surface area contributed by atoms with Crippen LogP contribution >= 0.6 is 50.9 Å². The molecule has 1 aliphatic heterocycles. The van der Waals surface area contributed by atoms with Gasteiger partial charge in [-0.3, -0.25) is 4.79 Å². The first-order valence-corrected chi connectivity index (χ1v) is 11.7. The van der Waals surface area contributed by atoms with Crippen molar-refractivity contribution in [2.45, 2.75) is 28.7 Å². The number of hydrogen-bond acceptors (Lipinski definition) is 3. The number of likely N-dealkylation sites (tertiary alicyclic amines) is 1. The zero-order chi connectivity index (χ0) is 20.5. The van der Waals surface area contributed by atoms with Crippen LogP contribution in [0, 0.1) is 0 Å². The number of halogens is 3. The molecule has 152 valence electrons. The minimum Gasteiger partial charge on any atom is -0.350 e. The highest BCUT2D eigenvalue weighted by atomic mass is 79.9. The van der Waals surface area contributed by atoms with Crippen LogP contribution in [0.15, 0.2) is 50.7 Å². The lowest BCUT2D eigenvalue weighted by Gasteiger charge is -2.19. The third-order valence-electron chi connectivity index (χ3n) is 5.20. The number of carbonyl (C=O) groups excluding carboxylic acids is 1. The Morgan fingerprint density at radius 2 is 2.07 bits per heavy atom. The van der Waals surface area contributed by atoms with Crippen molar-refractivity contribution in [2.75, 3.05) is 20.1 Å². The summed E-state index contributed by atoms with van der Waals surface area (Å²) < 4.78 is 0.934. The van der Waals surface area contributed by atoms with E-state index in [9.17, 15) is 4.79 Å². The summed E-state index contributed by atoms with van der Waals surface area (Å²) >= 11 is 17.3. The molecule has 3 aromatic rings. The van der Waals surface area contributed by atoms with E-state index in [-0.39, 0.29) is 5.91 Å². The zero-order valence-electron chi connectivity index (χ0n) is 15.8. The SMILES string of the molecule is CN1CCC[C@H]1CNC(=O)c1cc2c(Br)cc(Sc3ccc(Cl)c(Cl)c3)cc2[nH]1. The molecule has 0 spiro atoms. The smallest absolute Gasteiger partial charge is 0.267 e. The molecular formula is C21H20BrCl2N3OS. The van der Waals surface area contributed by atoms with Gasteiger partial charge in [0.25, 0.3) is 5.91 Å². The van der Waals surface area contributed by atoms with Gasteiger partial charge in [0, 0.05) is 37.8 Å². The number of fused-ring (bicyclic) bond motifs is 1. The summed E-state index contributed by atoms with van der Waals surface area (Å²) in [5.41, 5.74) is 1.48. The molecule has 1 fully saturated rings. The van der Waals surface area contributed by atoms with Crippen LogP contribution < -0.4 is 5.32 Å². The second kappa shape index (κ2) is 8.90. The highest BCUT2D eigenvalue weighted by molar-refractivity contribution is 9.10. The van der Waals surface area contributed by atoms with Crippen molar-refractivity contribution in [3.63, 3.8) is 0 Å². The monoisotopic (exact) mass is 511 g/mol. The molecule has 29 heavy (non-hydrogen) atoms. The minimum absolute atomic E-state index is 0.0768. The van der Waals surface area contributed by atoms with Crippen LogP contribution in [-0.2, 0) is 0 Å². The Balaban J connectivity index is 1.51. The van der Waals surface area contributed by atoms with Gasteiger partial charge < -0.3 is 15.2 Å². The molecule has 1 aromatic heterocycles. The summed E-state index contributed by atoms with van der Waals surface area (Å²) in [5, 5.41) is 5.11. The van der Waals surface area contributed by atoms with Gasteiger partial charge in [-0.1, -0.05) is 50.9 Å². The van der Waals surface area contributed by atoms with Gasteiger partial charge in [0.1, 0.15) is 5.69 Å². The predicted octanol–water partition coefficient (Wildman–Crippen LogP) is 6.21. The summed E-state index contributed by atoms with van der Waals surface area (Å²) in [5.74, 6) is -0.0768. The van der Waals surface area contributed by atoms with Crippen LogP contribution in [0.1, 0.15) is 23.3 Å². The number of rotatable bonds is 5. The molecule has 0 radical (unpaired) electrons. The first-order valence-electron chi connectivity index (χ1n) is 9.34. The molecule has 1 aliphatic rings. The highest BCUT2D eigenvalue weighted by Gasteiger charge is 2.22. The van der Waals surface area contributed by atoms with Crippen molar-refractivity contribution in [1.29, 1.82) is 0 Å². The number of hydrogen-bond donors (Lipinski definition) is 2. The highest BCUT2D eigenvalue weighted by Crippen LogP contribution is 2.36. The minimum atomic E-state index is -0.0768. The maximum Gasteiger partial charge on any atom is 0.267 e. The molecule has 2 aromatic carbocycles. The van der Waals surface area contributed by atoms with Crippen LogP contribution in [0.3, 0.4) is 0 Å². The van der Waals surface area contributed by atoms with Gasteiger partial charge in [-0.25, -0.2) is 0 Å². The third-order valence-corrected chi connectivity index (χ3v) is 7.56. The maximum atomic E-state index is 12.6. The summed E-state index contributed by atoms with van der Waals surface area (Å²) in [4.78, 5) is 20.2. The number of benzene rings is 2. The summed E-state index contributed by atoms with van der Waals surface area (Å²) in [7, 11) is 2.11. The van der Waals surface area contributed by atoms with Crippen molar-refractivity contribution in [3.05, 3.63) is 56.6 Å². The van der Waals surface area contributed by atoms with E-state index in [1.807, 2.05) is 30.3 Å². The number of nitrogens with one attached hydrogen (secondary N) is 2. The fraction of sp³-hybridized carbons (Fsp3) is 0.286. The van der Waals surface area contributed by atoms with E-state index >= 15 is 0 Å². The van der Waals surface area contributed by atoms with Crippen molar-refractivity contribution in [3.8, 4) is 0 Å². The number of carbonyl (C=O) groups is 1. The van der Waals surface area contributed by atoms with Gasteiger partial charge in [0.15, 0.2) is 0 Å². The van der Waals surface area contributed by atoms with Crippen molar-refractivity contribution in [2.24, 2.45) is 0 Å². The third kappa shape index (κ3) is 4.78. The van der Waals surface area contributed by atoms with Crippen molar-refractivity contribution >= 4 is 67.7 Å². The lowest BCUT2D eigenvalue weighted by atomic mass is 10.2. The Morgan fingerprint density at radius 3 is 2.79 bits per heavy atom. The van der Waals surface area contributed by atoms with Crippen molar-refractivity contribution < 1.29 is 4.79 Å². The Labute approximate surface area is 192 Å². The normalized spacial score (nSPS) is 17.2. The number of aromatic nitrogens is 1. The van der Waals surface area contributed by atoms with Gasteiger partial charge in [0.05, 0.1) is 10.0 Å². The molecule has 4 rings (SSSR count). The van der Waals surface area contributed by atoms with Crippen LogP contribution in [0.4, 0.5) is 0 Å². The largest absolute Gasteiger partial charge is 0.350 e. The van der Waals surface area contributed by atoms with Gasteiger partial charge in [-0.2, -0.15) is 0 Å². The Kier molecular flexibility index (Phi) is 6.47. The fourth-order valence-electron chi connectivity index (χ4n) is 3.57. The van der Waals surface area contributed by atoms with Gasteiger partial charge >= 0.3 is 0 Å². The number of H-pyrrole nitrogens is 1. The Hall–Kier alpha value is -1.18. The van der Waals surface area contributed by atoms with E-state index in [1.165, 1.54) is 6.42 Å². The Bertz CT molecular complexity index is 1070. The molecule has 2 heterocycles. The molecule has 1 atom stereocenters. The van der Waals surface area contributed by atoms with E-state index in [1.54, 1.807) is 17.8 Å². The van der Waals surface area contributed by atoms with E-state index in [4.69, 9.17) is 23.2 Å². The molecule has 0 bridgehead atoms. The van der Waals surface area contributed by atoms with Crippen LogP contribution in [0.5, 0.6) is 0 Å². The lowest BCUT2D eigenvalue weighted by molar-refractivity contribution is 0.0939. The van der Waals surface area contributed by atoms with E-state index in [2.05, 4.69) is 38.2 Å². The topological polar surface area (TPSA) is 48.1 Å². The molecule has 0 saturated carbocycles. The number of likely N-dealkylation sites (N-methyl/N-ethyl adjacent to an activating group) is 1. The number of nitrogens with zero attached hydrogens (tertiary/aromatic N) is 1. The fourth-order valence-corrected chi connectivity index (χ4v) is 5.60.